The number of imidazole rings is 1. The Morgan fingerprint density at radius 1 is 1.53 bits per heavy atom. The molecule has 5 nitrogen and oxygen atoms in total. The van der Waals surface area contributed by atoms with Crippen LogP contribution in [0, 0.1) is 6.92 Å². The molecule has 5 heteroatoms. The number of hydrogen-bond acceptors (Lipinski definition) is 4. The van der Waals surface area contributed by atoms with Gasteiger partial charge in [0, 0.05) is 6.04 Å². The zero-order valence-corrected chi connectivity index (χ0v) is 9.06. The lowest BCUT2D eigenvalue weighted by atomic mass is 10.2. The van der Waals surface area contributed by atoms with Gasteiger partial charge in [0.25, 0.3) is 0 Å². The molecule has 0 aliphatic rings. The van der Waals surface area contributed by atoms with Crippen molar-refractivity contribution in [2.45, 2.75) is 19.9 Å². The van der Waals surface area contributed by atoms with Gasteiger partial charge in [-0.2, -0.15) is 0 Å². The highest BCUT2D eigenvalue weighted by Gasteiger charge is 2.12. The second-order valence-corrected chi connectivity index (χ2v) is 3.53. The first-order valence-electron chi connectivity index (χ1n) is 4.77. The summed E-state index contributed by atoms with van der Waals surface area (Å²) in [6.07, 6.45) is 3.48. The van der Waals surface area contributed by atoms with Crippen molar-refractivity contribution in [3.05, 3.63) is 23.8 Å². The highest BCUT2D eigenvalue weighted by Crippen LogP contribution is 2.19. The van der Waals surface area contributed by atoms with Crippen LogP contribution in [0.15, 0.2) is 12.4 Å². The van der Waals surface area contributed by atoms with E-state index in [1.807, 2.05) is 18.2 Å². The molecule has 80 valence electrons. The summed E-state index contributed by atoms with van der Waals surface area (Å²) in [7, 11) is 1.59. The van der Waals surface area contributed by atoms with Crippen molar-refractivity contribution in [3.63, 3.8) is 0 Å². The Hall–Kier alpha value is -1.62. The maximum Gasteiger partial charge on any atom is 0.230 e. The van der Waals surface area contributed by atoms with E-state index in [-0.39, 0.29) is 6.04 Å². The lowest BCUT2D eigenvalue weighted by Gasteiger charge is -2.07. The molecule has 2 N–H and O–H groups in total. The number of fused-ring (bicyclic) bond motifs is 1. The molecule has 0 radical (unpaired) electrons. The SMILES string of the molecule is COc1cn2c(C(C)N)c(C)nc2cn1. The molecule has 0 bridgehead atoms. The van der Waals surface area contributed by atoms with Crippen molar-refractivity contribution in [1.82, 2.24) is 14.4 Å². The Labute approximate surface area is 87.9 Å². The molecule has 0 aliphatic heterocycles. The van der Waals surface area contributed by atoms with E-state index in [9.17, 15) is 0 Å². The number of aryl methyl sites for hydroxylation is 1. The monoisotopic (exact) mass is 206 g/mol. The average Bonchev–Trinajstić information content (AvgIpc) is 2.52. The normalized spacial score (nSPS) is 13.1. The van der Waals surface area contributed by atoms with Gasteiger partial charge in [-0.05, 0) is 13.8 Å². The fraction of sp³-hybridized carbons (Fsp3) is 0.400. The first-order chi connectivity index (χ1) is 7.13. The Morgan fingerprint density at radius 2 is 2.27 bits per heavy atom. The lowest BCUT2D eigenvalue weighted by molar-refractivity contribution is 0.395. The standard InChI is InChI=1S/C10H14N4O/c1-6(11)10-7(2)13-8-4-12-9(15-3)5-14(8)10/h4-6H,11H2,1-3H3. The summed E-state index contributed by atoms with van der Waals surface area (Å²) in [5, 5.41) is 0. The molecule has 2 aromatic rings. The van der Waals surface area contributed by atoms with Gasteiger partial charge >= 0.3 is 0 Å². The Balaban J connectivity index is 2.72. The van der Waals surface area contributed by atoms with E-state index < -0.39 is 0 Å². The maximum absolute atomic E-state index is 5.89. The molecular formula is C10H14N4O. The maximum atomic E-state index is 5.89. The van der Waals surface area contributed by atoms with Crippen LogP contribution in [-0.2, 0) is 0 Å². The third-order valence-corrected chi connectivity index (χ3v) is 2.35. The third-order valence-electron chi connectivity index (χ3n) is 2.35. The van der Waals surface area contributed by atoms with Crippen molar-refractivity contribution in [2.24, 2.45) is 5.73 Å². The van der Waals surface area contributed by atoms with Gasteiger partial charge in [0.15, 0.2) is 5.65 Å². The van der Waals surface area contributed by atoms with Crippen LogP contribution in [0.2, 0.25) is 0 Å². The molecule has 1 unspecified atom stereocenters. The van der Waals surface area contributed by atoms with E-state index in [0.29, 0.717) is 5.88 Å². The molecule has 0 amide bonds. The lowest BCUT2D eigenvalue weighted by Crippen LogP contribution is -2.09. The summed E-state index contributed by atoms with van der Waals surface area (Å²) < 4.78 is 6.99. The van der Waals surface area contributed by atoms with Gasteiger partial charge in [0.1, 0.15) is 0 Å². The minimum absolute atomic E-state index is 0.0629. The van der Waals surface area contributed by atoms with E-state index in [1.54, 1.807) is 19.5 Å². The zero-order valence-electron chi connectivity index (χ0n) is 9.06. The van der Waals surface area contributed by atoms with Crippen molar-refractivity contribution in [2.75, 3.05) is 7.11 Å². The van der Waals surface area contributed by atoms with Crippen LogP contribution >= 0.6 is 0 Å². The highest BCUT2D eigenvalue weighted by atomic mass is 16.5. The van der Waals surface area contributed by atoms with Crippen LogP contribution in [0.5, 0.6) is 5.88 Å². The first-order valence-corrected chi connectivity index (χ1v) is 4.77. The van der Waals surface area contributed by atoms with Crippen molar-refractivity contribution < 1.29 is 4.74 Å². The van der Waals surface area contributed by atoms with Gasteiger partial charge in [0.05, 0.1) is 30.9 Å². The number of aromatic nitrogens is 3. The highest BCUT2D eigenvalue weighted by molar-refractivity contribution is 5.42. The Kier molecular flexibility index (Phi) is 2.32. The van der Waals surface area contributed by atoms with Gasteiger partial charge in [-0.1, -0.05) is 0 Å². The van der Waals surface area contributed by atoms with Crippen molar-refractivity contribution >= 4 is 5.65 Å². The summed E-state index contributed by atoms with van der Waals surface area (Å²) in [6.45, 7) is 3.88. The second kappa shape index (κ2) is 3.51. The number of hydrogen-bond donors (Lipinski definition) is 1. The summed E-state index contributed by atoms with van der Waals surface area (Å²) in [5.74, 6) is 0.557. The first kappa shape index (κ1) is 9.92. The summed E-state index contributed by atoms with van der Waals surface area (Å²) in [5.41, 5.74) is 8.61. The third kappa shape index (κ3) is 1.55. The van der Waals surface area contributed by atoms with Gasteiger partial charge in [-0.15, -0.1) is 0 Å². The zero-order chi connectivity index (χ0) is 11.0. The van der Waals surface area contributed by atoms with E-state index in [1.165, 1.54) is 0 Å². The molecule has 0 aliphatic carbocycles. The van der Waals surface area contributed by atoms with Crippen LogP contribution in [0.25, 0.3) is 5.65 Å². The van der Waals surface area contributed by atoms with E-state index in [4.69, 9.17) is 10.5 Å². The van der Waals surface area contributed by atoms with Gasteiger partial charge in [-0.3, -0.25) is 4.40 Å². The molecule has 0 aromatic carbocycles. The van der Waals surface area contributed by atoms with E-state index >= 15 is 0 Å². The number of rotatable bonds is 2. The van der Waals surface area contributed by atoms with Gasteiger partial charge < -0.3 is 10.5 Å². The van der Waals surface area contributed by atoms with Crippen LogP contribution in [-0.4, -0.2) is 21.5 Å². The van der Waals surface area contributed by atoms with Gasteiger partial charge in [0.2, 0.25) is 5.88 Å². The molecule has 0 spiro atoms. The molecule has 2 rings (SSSR count). The number of nitrogens with two attached hydrogens (primary N) is 1. The molecule has 15 heavy (non-hydrogen) atoms. The molecule has 2 aromatic heterocycles. The van der Waals surface area contributed by atoms with Crippen molar-refractivity contribution in [3.8, 4) is 5.88 Å². The fourth-order valence-electron chi connectivity index (χ4n) is 1.73. The van der Waals surface area contributed by atoms with Crippen molar-refractivity contribution in [1.29, 1.82) is 0 Å². The summed E-state index contributed by atoms with van der Waals surface area (Å²) in [4.78, 5) is 8.47. The predicted octanol–water partition coefficient (Wildman–Crippen LogP) is 1.07. The molecule has 0 saturated carbocycles. The largest absolute Gasteiger partial charge is 0.480 e. The molecular weight excluding hydrogens is 192 g/mol. The average molecular weight is 206 g/mol. The minimum atomic E-state index is -0.0629. The Morgan fingerprint density at radius 3 is 2.87 bits per heavy atom. The van der Waals surface area contributed by atoms with Crippen LogP contribution in [0.4, 0.5) is 0 Å². The molecule has 1 atom stereocenters. The van der Waals surface area contributed by atoms with E-state index in [2.05, 4.69) is 9.97 Å². The van der Waals surface area contributed by atoms with Crippen LogP contribution < -0.4 is 10.5 Å². The van der Waals surface area contributed by atoms with E-state index in [0.717, 1.165) is 17.0 Å². The molecule has 0 saturated heterocycles. The quantitative estimate of drug-likeness (QED) is 0.798. The molecule has 2 heterocycles. The van der Waals surface area contributed by atoms with Crippen LogP contribution in [0.1, 0.15) is 24.4 Å². The topological polar surface area (TPSA) is 65.4 Å². The van der Waals surface area contributed by atoms with Crippen LogP contribution in [0.3, 0.4) is 0 Å². The number of methoxy groups -OCH3 is 1. The second-order valence-electron chi connectivity index (χ2n) is 3.53. The number of ether oxygens (including phenoxy) is 1. The smallest absolute Gasteiger partial charge is 0.230 e. The fourth-order valence-corrected chi connectivity index (χ4v) is 1.73. The minimum Gasteiger partial charge on any atom is -0.480 e. The predicted molar refractivity (Wildman–Crippen MR) is 56.9 cm³/mol. The van der Waals surface area contributed by atoms with Gasteiger partial charge in [-0.25, -0.2) is 9.97 Å². The summed E-state index contributed by atoms with van der Waals surface area (Å²) in [6, 6.07) is -0.0629. The number of nitrogens with zero attached hydrogens (tertiary/aromatic N) is 3. The molecule has 0 fully saturated rings. The summed E-state index contributed by atoms with van der Waals surface area (Å²) >= 11 is 0. The Bertz CT molecular complexity index is 489.